The zero-order chi connectivity index (χ0) is 20.0. The van der Waals surface area contributed by atoms with Gasteiger partial charge in [-0.15, -0.1) is 0 Å². The highest BCUT2D eigenvalue weighted by atomic mass is 19.4. The number of hydrogen-bond donors (Lipinski definition) is 3. The molecule has 1 aliphatic rings. The first kappa shape index (κ1) is 20.5. The molecule has 0 aliphatic carbocycles. The Balaban J connectivity index is 2.03. The van der Waals surface area contributed by atoms with E-state index in [9.17, 15) is 27.2 Å². The van der Waals surface area contributed by atoms with Gasteiger partial charge in [0.05, 0.1) is 18.7 Å². The minimum Gasteiger partial charge on any atom is -0.357 e. The maximum Gasteiger partial charge on any atom is 0.416 e. The van der Waals surface area contributed by atoms with E-state index in [1.807, 2.05) is 0 Å². The van der Waals surface area contributed by atoms with Crippen LogP contribution in [0.25, 0.3) is 0 Å². The molecule has 1 heterocycles. The molecule has 1 aromatic rings. The van der Waals surface area contributed by atoms with Crippen molar-refractivity contribution in [3.05, 3.63) is 35.1 Å². The lowest BCUT2D eigenvalue weighted by Crippen LogP contribution is -2.43. The van der Waals surface area contributed by atoms with E-state index in [-0.39, 0.29) is 43.6 Å². The van der Waals surface area contributed by atoms with E-state index in [2.05, 4.69) is 20.9 Å². The number of rotatable bonds is 6. The van der Waals surface area contributed by atoms with Crippen LogP contribution in [0.1, 0.15) is 18.1 Å². The van der Waals surface area contributed by atoms with Gasteiger partial charge in [0.1, 0.15) is 5.82 Å². The van der Waals surface area contributed by atoms with Gasteiger partial charge in [-0.05, 0) is 24.6 Å². The highest BCUT2D eigenvalue weighted by Gasteiger charge is 2.33. The highest BCUT2D eigenvalue weighted by molar-refractivity contribution is 6.01. The molecule has 3 amide bonds. The molecule has 1 aliphatic heterocycles. The average Bonchev–Trinajstić information content (AvgIpc) is 2.91. The number of carbonyl (C=O) groups excluding carboxylic acids is 2. The van der Waals surface area contributed by atoms with Crippen LogP contribution in [0, 0.1) is 5.82 Å². The third-order valence-corrected chi connectivity index (χ3v) is 3.69. The Morgan fingerprint density at radius 1 is 1.30 bits per heavy atom. The zero-order valence-corrected chi connectivity index (χ0v) is 14.5. The molecular weight excluding hydrogens is 370 g/mol. The van der Waals surface area contributed by atoms with Gasteiger partial charge in [0.15, 0.2) is 5.96 Å². The van der Waals surface area contributed by atoms with E-state index < -0.39 is 23.6 Å². The number of hydrogen-bond acceptors (Lipinski definition) is 3. The maximum atomic E-state index is 13.1. The summed E-state index contributed by atoms with van der Waals surface area (Å²) in [7, 11) is 0. The Morgan fingerprint density at radius 3 is 2.63 bits per heavy atom. The van der Waals surface area contributed by atoms with Gasteiger partial charge in [-0.1, -0.05) is 6.07 Å². The zero-order valence-electron chi connectivity index (χ0n) is 14.5. The predicted octanol–water partition coefficient (Wildman–Crippen LogP) is 1.45. The van der Waals surface area contributed by atoms with Crippen LogP contribution in [-0.4, -0.2) is 49.0 Å². The van der Waals surface area contributed by atoms with Gasteiger partial charge in [-0.2, -0.15) is 13.2 Å². The molecule has 0 atom stereocenters. The molecule has 148 valence electrons. The fourth-order valence-corrected chi connectivity index (χ4v) is 2.42. The Labute approximate surface area is 152 Å². The van der Waals surface area contributed by atoms with Crippen LogP contribution in [0.4, 0.5) is 22.4 Å². The van der Waals surface area contributed by atoms with E-state index in [0.717, 1.165) is 17.0 Å². The lowest BCUT2D eigenvalue weighted by atomic mass is 10.1. The first-order chi connectivity index (χ1) is 12.7. The van der Waals surface area contributed by atoms with E-state index in [0.29, 0.717) is 12.6 Å². The number of urea groups is 1. The number of guanidine groups is 1. The van der Waals surface area contributed by atoms with E-state index in [1.165, 1.54) is 0 Å². The lowest BCUT2D eigenvalue weighted by molar-refractivity contribution is -0.138. The fraction of sp³-hybridized carbons (Fsp3) is 0.438. The molecule has 0 saturated carbocycles. The van der Waals surface area contributed by atoms with Crippen LogP contribution < -0.4 is 16.0 Å². The number of nitrogens with one attached hydrogen (secondary N) is 3. The molecule has 27 heavy (non-hydrogen) atoms. The number of carbonyl (C=O) groups is 2. The molecular formula is C16H19F4N5O2. The molecule has 2 rings (SSSR count). The molecule has 1 aromatic carbocycles. The third-order valence-electron chi connectivity index (χ3n) is 3.69. The highest BCUT2D eigenvalue weighted by Crippen LogP contribution is 2.32. The van der Waals surface area contributed by atoms with Crippen molar-refractivity contribution in [2.24, 2.45) is 4.99 Å². The Kier molecular flexibility index (Phi) is 6.59. The summed E-state index contributed by atoms with van der Waals surface area (Å²) in [6.45, 7) is 2.09. The van der Waals surface area contributed by atoms with Crippen molar-refractivity contribution in [3.8, 4) is 0 Å². The van der Waals surface area contributed by atoms with Crippen molar-refractivity contribution in [3.63, 3.8) is 0 Å². The van der Waals surface area contributed by atoms with Gasteiger partial charge in [0, 0.05) is 19.6 Å². The van der Waals surface area contributed by atoms with Crippen LogP contribution in [0.3, 0.4) is 0 Å². The molecule has 1 fully saturated rings. The van der Waals surface area contributed by atoms with Crippen LogP contribution in [0.5, 0.6) is 0 Å². The molecule has 0 spiro atoms. The summed E-state index contributed by atoms with van der Waals surface area (Å²) >= 11 is 0. The second-order valence-electron chi connectivity index (χ2n) is 5.63. The van der Waals surface area contributed by atoms with Crippen molar-refractivity contribution in [2.75, 3.05) is 26.2 Å². The van der Waals surface area contributed by atoms with E-state index in [1.54, 1.807) is 6.92 Å². The molecule has 1 saturated heterocycles. The fourth-order valence-electron chi connectivity index (χ4n) is 2.42. The SMILES string of the molecule is CCNC(=NCc1ccc(F)cc1C(F)(F)F)NCCN1C(=O)CNC1=O. The topological polar surface area (TPSA) is 85.8 Å². The summed E-state index contributed by atoms with van der Waals surface area (Å²) in [4.78, 5) is 28.0. The van der Waals surface area contributed by atoms with Gasteiger partial charge in [-0.3, -0.25) is 9.69 Å². The Morgan fingerprint density at radius 2 is 2.04 bits per heavy atom. The Bertz CT molecular complexity index is 720. The van der Waals surface area contributed by atoms with Crippen LogP contribution in [0.15, 0.2) is 23.2 Å². The average molecular weight is 389 g/mol. The van der Waals surface area contributed by atoms with Gasteiger partial charge in [-0.25, -0.2) is 14.2 Å². The van der Waals surface area contributed by atoms with Crippen molar-refractivity contribution >= 4 is 17.9 Å². The van der Waals surface area contributed by atoms with Crippen molar-refractivity contribution in [2.45, 2.75) is 19.6 Å². The van der Waals surface area contributed by atoms with Gasteiger partial charge >= 0.3 is 12.2 Å². The molecule has 3 N–H and O–H groups in total. The Hall–Kier alpha value is -2.85. The predicted molar refractivity (Wildman–Crippen MR) is 89.3 cm³/mol. The number of benzene rings is 1. The standard InChI is InChI=1S/C16H19F4N5O2/c1-2-21-14(22-5-6-25-13(26)9-24-15(25)27)23-8-10-3-4-11(17)7-12(10)16(18,19)20/h3-4,7H,2,5-6,8-9H2,1H3,(H,24,27)(H2,21,22,23). The summed E-state index contributed by atoms with van der Waals surface area (Å²) in [5.74, 6) is -1.12. The number of imide groups is 1. The van der Waals surface area contributed by atoms with E-state index >= 15 is 0 Å². The number of amides is 3. The molecule has 0 unspecified atom stereocenters. The van der Waals surface area contributed by atoms with E-state index in [4.69, 9.17) is 0 Å². The summed E-state index contributed by atoms with van der Waals surface area (Å²) in [6, 6.07) is 1.92. The van der Waals surface area contributed by atoms with Crippen LogP contribution in [-0.2, 0) is 17.5 Å². The molecule has 11 heteroatoms. The second-order valence-corrected chi connectivity index (χ2v) is 5.63. The first-order valence-electron chi connectivity index (χ1n) is 8.18. The largest absolute Gasteiger partial charge is 0.416 e. The summed E-state index contributed by atoms with van der Waals surface area (Å²) in [6.07, 6.45) is -4.69. The maximum absolute atomic E-state index is 13.1. The first-order valence-corrected chi connectivity index (χ1v) is 8.18. The van der Waals surface area contributed by atoms with Crippen molar-refractivity contribution < 1.29 is 27.2 Å². The number of nitrogens with zero attached hydrogens (tertiary/aromatic N) is 2. The summed E-state index contributed by atoms with van der Waals surface area (Å²) in [5.41, 5.74) is -1.25. The molecule has 0 bridgehead atoms. The van der Waals surface area contributed by atoms with Gasteiger partial charge in [0.25, 0.3) is 0 Å². The lowest BCUT2D eigenvalue weighted by Gasteiger charge is -2.16. The third kappa shape index (κ3) is 5.56. The second kappa shape index (κ2) is 8.69. The van der Waals surface area contributed by atoms with Gasteiger partial charge < -0.3 is 16.0 Å². The smallest absolute Gasteiger partial charge is 0.357 e. The molecule has 7 nitrogen and oxygen atoms in total. The summed E-state index contributed by atoms with van der Waals surface area (Å²) < 4.78 is 52.2. The summed E-state index contributed by atoms with van der Waals surface area (Å²) in [5, 5.41) is 8.07. The minimum absolute atomic E-state index is 0.0578. The quantitative estimate of drug-likeness (QED) is 0.298. The van der Waals surface area contributed by atoms with Crippen LogP contribution in [0.2, 0.25) is 0 Å². The van der Waals surface area contributed by atoms with Gasteiger partial charge in [0.2, 0.25) is 5.91 Å². The number of aliphatic imine (C=N–C) groups is 1. The van der Waals surface area contributed by atoms with Crippen molar-refractivity contribution in [1.29, 1.82) is 0 Å². The number of halogens is 4. The minimum atomic E-state index is -4.69. The monoisotopic (exact) mass is 389 g/mol. The molecule has 0 radical (unpaired) electrons. The van der Waals surface area contributed by atoms with Crippen molar-refractivity contribution in [1.82, 2.24) is 20.9 Å². The normalized spacial score (nSPS) is 15.1. The van der Waals surface area contributed by atoms with Crippen LogP contribution >= 0.6 is 0 Å². The molecule has 0 aromatic heterocycles. The number of alkyl halides is 3.